The minimum absolute atomic E-state index is 0.137. The number of benzene rings is 2. The van der Waals surface area contributed by atoms with Gasteiger partial charge < -0.3 is 14.9 Å². The third-order valence-corrected chi connectivity index (χ3v) is 3.04. The van der Waals surface area contributed by atoms with Crippen molar-refractivity contribution in [2.75, 3.05) is 0 Å². The van der Waals surface area contributed by atoms with E-state index in [1.165, 1.54) is 6.07 Å². The van der Waals surface area contributed by atoms with Crippen LogP contribution in [0.4, 0.5) is 0 Å². The second-order valence-corrected chi connectivity index (χ2v) is 4.44. The number of carboxylic acids is 1. The lowest BCUT2D eigenvalue weighted by Crippen LogP contribution is -2.23. The zero-order valence-corrected chi connectivity index (χ0v) is 10.3. The van der Waals surface area contributed by atoms with E-state index >= 15 is 0 Å². The van der Waals surface area contributed by atoms with Crippen molar-refractivity contribution in [1.29, 1.82) is 0 Å². The SMILES string of the molecule is Cc1ccc2nc(-c3ccccc3C(=O)[O-])[nH]c2c1. The van der Waals surface area contributed by atoms with Gasteiger partial charge in [0.2, 0.25) is 0 Å². The molecule has 1 heterocycles. The van der Waals surface area contributed by atoms with Crippen LogP contribution in [0.25, 0.3) is 22.4 Å². The van der Waals surface area contributed by atoms with Crippen LogP contribution in [0.3, 0.4) is 0 Å². The molecule has 3 rings (SSSR count). The van der Waals surface area contributed by atoms with E-state index in [4.69, 9.17) is 0 Å². The van der Waals surface area contributed by atoms with Gasteiger partial charge in [0, 0.05) is 11.1 Å². The summed E-state index contributed by atoms with van der Waals surface area (Å²) in [7, 11) is 0. The van der Waals surface area contributed by atoms with Gasteiger partial charge in [-0.2, -0.15) is 0 Å². The fraction of sp³-hybridized carbons (Fsp3) is 0.0667. The third kappa shape index (κ3) is 1.97. The molecule has 0 spiro atoms. The van der Waals surface area contributed by atoms with Gasteiger partial charge in [0.25, 0.3) is 0 Å². The lowest BCUT2D eigenvalue weighted by molar-refractivity contribution is -0.254. The van der Waals surface area contributed by atoms with E-state index in [2.05, 4.69) is 9.97 Å². The minimum Gasteiger partial charge on any atom is -0.545 e. The van der Waals surface area contributed by atoms with Crippen molar-refractivity contribution in [3.8, 4) is 11.4 Å². The Morgan fingerprint density at radius 2 is 2.00 bits per heavy atom. The lowest BCUT2D eigenvalue weighted by atomic mass is 10.1. The molecule has 0 bridgehead atoms. The van der Waals surface area contributed by atoms with E-state index in [0.29, 0.717) is 11.4 Å². The first-order chi connectivity index (χ1) is 9.15. The summed E-state index contributed by atoms with van der Waals surface area (Å²) in [4.78, 5) is 18.7. The number of rotatable bonds is 2. The van der Waals surface area contributed by atoms with Crippen molar-refractivity contribution >= 4 is 17.0 Å². The number of hydrogen-bond acceptors (Lipinski definition) is 3. The van der Waals surface area contributed by atoms with Crippen LogP contribution in [0.5, 0.6) is 0 Å². The van der Waals surface area contributed by atoms with E-state index in [1.807, 2.05) is 25.1 Å². The summed E-state index contributed by atoms with van der Waals surface area (Å²) >= 11 is 0. The first-order valence-corrected chi connectivity index (χ1v) is 5.92. The van der Waals surface area contributed by atoms with E-state index in [1.54, 1.807) is 18.2 Å². The van der Waals surface area contributed by atoms with E-state index in [-0.39, 0.29) is 5.56 Å². The molecule has 0 atom stereocenters. The standard InChI is InChI=1S/C15H12N2O2/c1-9-6-7-12-13(8-9)17-14(16-12)10-4-2-3-5-11(10)15(18)19/h2-8H,1H3,(H,16,17)(H,18,19)/p-1. The number of aryl methyl sites for hydroxylation is 1. The Bertz CT molecular complexity index is 775. The average Bonchev–Trinajstić information content (AvgIpc) is 2.81. The molecule has 0 radical (unpaired) electrons. The molecule has 0 aliphatic rings. The second kappa shape index (κ2) is 4.24. The van der Waals surface area contributed by atoms with Crippen LogP contribution in [-0.2, 0) is 0 Å². The highest BCUT2D eigenvalue weighted by atomic mass is 16.4. The normalized spacial score (nSPS) is 10.8. The molecule has 0 aliphatic carbocycles. The molecule has 1 aromatic heterocycles. The Morgan fingerprint density at radius 3 is 2.79 bits per heavy atom. The van der Waals surface area contributed by atoms with Crippen molar-refractivity contribution in [2.24, 2.45) is 0 Å². The van der Waals surface area contributed by atoms with Crippen molar-refractivity contribution in [2.45, 2.75) is 6.92 Å². The number of nitrogens with zero attached hydrogens (tertiary/aromatic N) is 1. The number of aromatic amines is 1. The molecule has 0 unspecified atom stereocenters. The molecular formula is C15H11N2O2-. The van der Waals surface area contributed by atoms with Crippen LogP contribution in [0.15, 0.2) is 42.5 Å². The summed E-state index contributed by atoms with van der Waals surface area (Å²) in [6, 6.07) is 12.5. The van der Waals surface area contributed by atoms with Gasteiger partial charge in [0.05, 0.1) is 17.0 Å². The molecule has 0 fully saturated rings. The predicted octanol–water partition coefficient (Wildman–Crippen LogP) is 1.90. The van der Waals surface area contributed by atoms with Gasteiger partial charge in [-0.3, -0.25) is 0 Å². The quantitative estimate of drug-likeness (QED) is 0.756. The summed E-state index contributed by atoms with van der Waals surface area (Å²) in [5.41, 5.74) is 3.50. The minimum atomic E-state index is -1.20. The summed E-state index contributed by atoms with van der Waals surface area (Å²) in [6.07, 6.45) is 0. The van der Waals surface area contributed by atoms with Gasteiger partial charge in [-0.25, -0.2) is 4.98 Å². The summed E-state index contributed by atoms with van der Waals surface area (Å²) in [6.45, 7) is 2.00. The van der Waals surface area contributed by atoms with Gasteiger partial charge in [0.1, 0.15) is 5.82 Å². The number of aromatic carboxylic acids is 1. The Balaban J connectivity index is 2.22. The van der Waals surface area contributed by atoms with Crippen LogP contribution in [0, 0.1) is 6.92 Å². The first-order valence-electron chi connectivity index (χ1n) is 5.92. The highest BCUT2D eigenvalue weighted by Gasteiger charge is 2.10. The number of nitrogens with one attached hydrogen (secondary N) is 1. The molecule has 3 aromatic rings. The van der Waals surface area contributed by atoms with Gasteiger partial charge in [-0.1, -0.05) is 30.3 Å². The monoisotopic (exact) mass is 251 g/mol. The molecule has 0 aliphatic heterocycles. The van der Waals surface area contributed by atoms with Crippen LogP contribution in [-0.4, -0.2) is 15.9 Å². The van der Waals surface area contributed by atoms with Crippen LogP contribution >= 0.6 is 0 Å². The van der Waals surface area contributed by atoms with Gasteiger partial charge in [-0.05, 0) is 24.6 Å². The first kappa shape index (κ1) is 11.5. The topological polar surface area (TPSA) is 68.8 Å². The number of hydrogen-bond donors (Lipinski definition) is 1. The highest BCUT2D eigenvalue weighted by Crippen LogP contribution is 2.24. The Labute approximate surface area is 109 Å². The van der Waals surface area contributed by atoms with Crippen molar-refractivity contribution < 1.29 is 9.90 Å². The van der Waals surface area contributed by atoms with Crippen LogP contribution in [0.1, 0.15) is 15.9 Å². The molecule has 1 N–H and O–H groups in total. The maximum absolute atomic E-state index is 11.1. The second-order valence-electron chi connectivity index (χ2n) is 4.44. The molecular weight excluding hydrogens is 240 g/mol. The number of carbonyl (C=O) groups excluding carboxylic acids is 1. The van der Waals surface area contributed by atoms with Gasteiger partial charge >= 0.3 is 0 Å². The third-order valence-electron chi connectivity index (χ3n) is 3.04. The molecule has 4 nitrogen and oxygen atoms in total. The lowest BCUT2D eigenvalue weighted by Gasteiger charge is -2.07. The van der Waals surface area contributed by atoms with Crippen molar-refractivity contribution in [3.63, 3.8) is 0 Å². The molecule has 19 heavy (non-hydrogen) atoms. The summed E-state index contributed by atoms with van der Waals surface area (Å²) < 4.78 is 0. The number of fused-ring (bicyclic) bond motifs is 1. The maximum atomic E-state index is 11.1. The molecule has 94 valence electrons. The van der Waals surface area contributed by atoms with Gasteiger partial charge in [-0.15, -0.1) is 0 Å². The Hall–Kier alpha value is -2.62. The van der Waals surface area contributed by atoms with E-state index < -0.39 is 5.97 Å². The largest absolute Gasteiger partial charge is 0.545 e. The van der Waals surface area contributed by atoms with E-state index in [0.717, 1.165) is 16.6 Å². The number of H-pyrrole nitrogens is 1. The molecule has 2 aromatic carbocycles. The fourth-order valence-electron chi connectivity index (χ4n) is 2.12. The smallest absolute Gasteiger partial charge is 0.139 e. The molecule has 0 amide bonds. The number of carboxylic acid groups (broad SMARTS) is 1. The average molecular weight is 251 g/mol. The molecule has 0 saturated heterocycles. The van der Waals surface area contributed by atoms with Crippen molar-refractivity contribution in [1.82, 2.24) is 9.97 Å². The number of aromatic nitrogens is 2. The Kier molecular flexibility index (Phi) is 2.56. The predicted molar refractivity (Wildman–Crippen MR) is 70.6 cm³/mol. The zero-order chi connectivity index (χ0) is 13.4. The maximum Gasteiger partial charge on any atom is 0.139 e. The van der Waals surface area contributed by atoms with Crippen molar-refractivity contribution in [3.05, 3.63) is 53.6 Å². The number of carbonyl (C=O) groups is 1. The summed E-state index contributed by atoms with van der Waals surface area (Å²) in [5, 5.41) is 11.1. The number of imidazole rings is 1. The zero-order valence-electron chi connectivity index (χ0n) is 10.3. The highest BCUT2D eigenvalue weighted by molar-refractivity contribution is 5.94. The Morgan fingerprint density at radius 1 is 1.21 bits per heavy atom. The van der Waals surface area contributed by atoms with E-state index in [9.17, 15) is 9.90 Å². The van der Waals surface area contributed by atoms with Crippen LogP contribution in [0.2, 0.25) is 0 Å². The van der Waals surface area contributed by atoms with Crippen LogP contribution < -0.4 is 5.11 Å². The fourth-order valence-corrected chi connectivity index (χ4v) is 2.12. The summed E-state index contributed by atoms with van der Waals surface area (Å²) in [5.74, 6) is -0.660. The van der Waals surface area contributed by atoms with Gasteiger partial charge in [0.15, 0.2) is 0 Å². The molecule has 0 saturated carbocycles. The molecule has 4 heteroatoms.